The average Bonchev–Trinajstić information content (AvgIpc) is 2.42. The molecule has 0 amide bonds. The van der Waals surface area contributed by atoms with Gasteiger partial charge in [0.05, 0.1) is 5.60 Å². The molecule has 1 aromatic carbocycles. The fourth-order valence-corrected chi connectivity index (χ4v) is 3.29. The number of hydrogen-bond donors (Lipinski definition) is 1. The molecular formula is C15H20BrNO2. The first kappa shape index (κ1) is 13.4. The molecule has 2 aliphatic heterocycles. The quantitative estimate of drug-likeness (QED) is 0.901. The summed E-state index contributed by atoms with van der Waals surface area (Å²) in [6.45, 7) is 2.53. The second-order valence-electron chi connectivity index (χ2n) is 5.48. The summed E-state index contributed by atoms with van der Waals surface area (Å²) in [5, 5.41) is 3.64. The number of benzene rings is 1. The van der Waals surface area contributed by atoms with Gasteiger partial charge in [-0.1, -0.05) is 15.9 Å². The first-order chi connectivity index (χ1) is 9.26. The van der Waals surface area contributed by atoms with Crippen LogP contribution in [0, 0.1) is 0 Å². The summed E-state index contributed by atoms with van der Waals surface area (Å²) in [5.41, 5.74) is 1.25. The van der Waals surface area contributed by atoms with Gasteiger partial charge in [-0.25, -0.2) is 0 Å². The van der Waals surface area contributed by atoms with Gasteiger partial charge in [0.2, 0.25) is 0 Å². The predicted molar refractivity (Wildman–Crippen MR) is 79.5 cm³/mol. The van der Waals surface area contributed by atoms with Gasteiger partial charge in [-0.2, -0.15) is 0 Å². The first-order valence-electron chi connectivity index (χ1n) is 7.00. The van der Waals surface area contributed by atoms with Gasteiger partial charge in [-0.15, -0.1) is 0 Å². The molecule has 0 radical (unpaired) electrons. The summed E-state index contributed by atoms with van der Waals surface area (Å²) in [6.07, 6.45) is 4.24. The molecule has 19 heavy (non-hydrogen) atoms. The summed E-state index contributed by atoms with van der Waals surface area (Å²) in [4.78, 5) is 0. The van der Waals surface area contributed by atoms with E-state index in [1.165, 1.54) is 5.69 Å². The molecule has 0 aromatic heterocycles. The van der Waals surface area contributed by atoms with E-state index < -0.39 is 0 Å². The van der Waals surface area contributed by atoms with Crippen LogP contribution >= 0.6 is 15.9 Å². The standard InChI is InChI=1S/C15H20BrNO2/c16-12-1-3-13(4-2-12)17-14-5-8-19-15(11-14)6-9-18-10-7-15/h1-4,14,17H,5-11H2. The molecule has 0 saturated carbocycles. The molecule has 1 aromatic rings. The highest BCUT2D eigenvalue weighted by Crippen LogP contribution is 2.35. The molecule has 0 aliphatic carbocycles. The van der Waals surface area contributed by atoms with Crippen molar-refractivity contribution in [2.75, 3.05) is 25.1 Å². The first-order valence-corrected chi connectivity index (χ1v) is 7.79. The van der Waals surface area contributed by atoms with Crippen LogP contribution in [-0.4, -0.2) is 31.5 Å². The average molecular weight is 326 g/mol. The molecule has 2 aliphatic rings. The van der Waals surface area contributed by atoms with Crippen molar-refractivity contribution >= 4 is 21.6 Å². The fourth-order valence-electron chi connectivity index (χ4n) is 3.02. The van der Waals surface area contributed by atoms with E-state index in [0.29, 0.717) is 6.04 Å². The molecule has 2 fully saturated rings. The Hall–Kier alpha value is -0.580. The Morgan fingerprint density at radius 3 is 2.58 bits per heavy atom. The van der Waals surface area contributed by atoms with Crippen molar-refractivity contribution in [3.05, 3.63) is 28.7 Å². The van der Waals surface area contributed by atoms with Gasteiger partial charge in [0.1, 0.15) is 0 Å². The monoisotopic (exact) mass is 325 g/mol. The van der Waals surface area contributed by atoms with E-state index in [1.54, 1.807) is 0 Å². The van der Waals surface area contributed by atoms with Crippen molar-refractivity contribution in [2.24, 2.45) is 0 Å². The van der Waals surface area contributed by atoms with Crippen LogP contribution in [0.25, 0.3) is 0 Å². The number of rotatable bonds is 2. The minimum absolute atomic E-state index is 0.0591. The third-order valence-electron chi connectivity index (χ3n) is 4.11. The normalized spacial score (nSPS) is 26.3. The van der Waals surface area contributed by atoms with Gasteiger partial charge in [0.25, 0.3) is 0 Å². The number of nitrogens with one attached hydrogen (secondary N) is 1. The number of halogens is 1. The van der Waals surface area contributed by atoms with Crippen molar-refractivity contribution in [1.29, 1.82) is 0 Å². The van der Waals surface area contributed by atoms with Crippen molar-refractivity contribution < 1.29 is 9.47 Å². The number of hydrogen-bond acceptors (Lipinski definition) is 3. The number of ether oxygens (including phenoxy) is 2. The summed E-state index contributed by atoms with van der Waals surface area (Å²) < 4.78 is 12.6. The van der Waals surface area contributed by atoms with Crippen LogP contribution < -0.4 is 5.32 Å². The topological polar surface area (TPSA) is 30.5 Å². The molecule has 1 N–H and O–H groups in total. The van der Waals surface area contributed by atoms with Crippen LogP contribution in [0.1, 0.15) is 25.7 Å². The van der Waals surface area contributed by atoms with Crippen LogP contribution in [0.3, 0.4) is 0 Å². The van der Waals surface area contributed by atoms with E-state index in [-0.39, 0.29) is 5.60 Å². The summed E-state index contributed by atoms with van der Waals surface area (Å²) in [7, 11) is 0. The largest absolute Gasteiger partial charge is 0.382 e. The number of anilines is 1. The molecule has 2 saturated heterocycles. The second-order valence-corrected chi connectivity index (χ2v) is 6.40. The Bertz CT molecular complexity index is 409. The van der Waals surface area contributed by atoms with Crippen molar-refractivity contribution in [3.8, 4) is 0 Å². The highest BCUT2D eigenvalue weighted by atomic mass is 79.9. The zero-order valence-corrected chi connectivity index (χ0v) is 12.6. The van der Waals surface area contributed by atoms with Crippen LogP contribution in [0.5, 0.6) is 0 Å². The Morgan fingerprint density at radius 2 is 1.84 bits per heavy atom. The van der Waals surface area contributed by atoms with Crippen LogP contribution in [0.4, 0.5) is 5.69 Å². The van der Waals surface area contributed by atoms with Crippen molar-refractivity contribution in [1.82, 2.24) is 0 Å². The SMILES string of the molecule is Brc1ccc(NC2CCOC3(CCOCC3)C2)cc1. The molecule has 1 unspecified atom stereocenters. The maximum atomic E-state index is 6.07. The predicted octanol–water partition coefficient (Wildman–Crippen LogP) is 3.59. The zero-order valence-electron chi connectivity index (χ0n) is 11.0. The Labute approximate surface area is 122 Å². The third-order valence-corrected chi connectivity index (χ3v) is 4.64. The summed E-state index contributed by atoms with van der Waals surface area (Å²) >= 11 is 3.47. The Kier molecular flexibility index (Phi) is 4.10. The maximum absolute atomic E-state index is 6.07. The lowest BCUT2D eigenvalue weighted by atomic mass is 9.84. The van der Waals surface area contributed by atoms with E-state index >= 15 is 0 Å². The van der Waals surface area contributed by atoms with E-state index in [1.807, 2.05) is 0 Å². The van der Waals surface area contributed by atoms with Crippen molar-refractivity contribution in [2.45, 2.75) is 37.3 Å². The summed E-state index contributed by atoms with van der Waals surface area (Å²) in [6, 6.07) is 8.90. The Morgan fingerprint density at radius 1 is 1.11 bits per heavy atom. The van der Waals surface area contributed by atoms with E-state index in [2.05, 4.69) is 45.5 Å². The fraction of sp³-hybridized carbons (Fsp3) is 0.600. The molecule has 3 nitrogen and oxygen atoms in total. The lowest BCUT2D eigenvalue weighted by Gasteiger charge is -2.43. The smallest absolute Gasteiger partial charge is 0.0745 e. The Balaban J connectivity index is 1.63. The minimum Gasteiger partial charge on any atom is -0.382 e. The third kappa shape index (κ3) is 3.30. The van der Waals surface area contributed by atoms with Gasteiger partial charge < -0.3 is 14.8 Å². The lowest BCUT2D eigenvalue weighted by molar-refractivity contribution is -0.135. The van der Waals surface area contributed by atoms with Gasteiger partial charge in [-0.3, -0.25) is 0 Å². The zero-order chi connectivity index (χ0) is 13.1. The maximum Gasteiger partial charge on any atom is 0.0745 e. The lowest BCUT2D eigenvalue weighted by Crippen LogP contribution is -2.47. The van der Waals surface area contributed by atoms with E-state index in [4.69, 9.17) is 9.47 Å². The molecule has 104 valence electrons. The van der Waals surface area contributed by atoms with Gasteiger partial charge in [-0.05, 0) is 49.9 Å². The molecule has 0 bridgehead atoms. The van der Waals surface area contributed by atoms with Gasteiger partial charge >= 0.3 is 0 Å². The highest BCUT2D eigenvalue weighted by molar-refractivity contribution is 9.10. The van der Waals surface area contributed by atoms with Crippen molar-refractivity contribution in [3.63, 3.8) is 0 Å². The molecule has 1 atom stereocenters. The molecule has 1 spiro atoms. The van der Waals surface area contributed by atoms with E-state index in [0.717, 1.165) is 50.0 Å². The van der Waals surface area contributed by atoms with Crippen LogP contribution in [0.15, 0.2) is 28.7 Å². The molecule has 2 heterocycles. The molecule has 4 heteroatoms. The van der Waals surface area contributed by atoms with Gasteiger partial charge in [0, 0.05) is 36.0 Å². The van der Waals surface area contributed by atoms with E-state index in [9.17, 15) is 0 Å². The summed E-state index contributed by atoms with van der Waals surface area (Å²) in [5.74, 6) is 0. The van der Waals surface area contributed by atoms with Crippen LogP contribution in [-0.2, 0) is 9.47 Å². The van der Waals surface area contributed by atoms with Crippen LogP contribution in [0.2, 0.25) is 0 Å². The highest BCUT2D eigenvalue weighted by Gasteiger charge is 2.38. The second kappa shape index (κ2) is 5.81. The van der Waals surface area contributed by atoms with Gasteiger partial charge in [0.15, 0.2) is 0 Å². The molecule has 3 rings (SSSR count). The molecular weight excluding hydrogens is 306 g/mol. The minimum atomic E-state index is 0.0591.